The second kappa shape index (κ2) is 42.1. The minimum absolute atomic E-state index is 0.146. The minimum atomic E-state index is -3.65. The number of ether oxygens (including phenoxy) is 12. The molecule has 0 spiro atoms. The molecule has 119 heavy (non-hydrogen) atoms. The summed E-state index contributed by atoms with van der Waals surface area (Å²) in [6.07, 6.45) is -35.4. The van der Waals surface area contributed by atoms with E-state index >= 15 is 0 Å². The lowest BCUT2D eigenvalue weighted by molar-refractivity contribution is -0.311. The number of nitrogens with one attached hydrogen (secondary N) is 6. The molecule has 12 rings (SSSR count). The summed E-state index contributed by atoms with van der Waals surface area (Å²) in [7, 11) is -3.65. The van der Waals surface area contributed by atoms with Crippen LogP contribution in [0.1, 0.15) is 60.6 Å². The third kappa shape index (κ3) is 23.5. The van der Waals surface area contributed by atoms with Crippen LogP contribution in [-0.2, 0) is 101 Å². The molecule has 4 aliphatic rings. The maximum Gasteiger partial charge on any atom is 0.407 e. The molecule has 4 fully saturated rings. The first-order valence-corrected chi connectivity index (χ1v) is 41.0. The molecular weight excluding hydrogens is 1560 g/mol. The highest BCUT2D eigenvalue weighted by atomic mass is 28.4. The number of benzene rings is 8. The minimum Gasteiger partial charge on any atom is -0.445 e. The molecule has 3 aliphatic heterocycles. The van der Waals surface area contributed by atoms with Gasteiger partial charge in [0.15, 0.2) is 18.9 Å². The number of alkyl carbamates (subject to hydrolysis) is 6. The lowest BCUT2D eigenvalue weighted by atomic mass is 9.83. The molecule has 0 unspecified atom stereocenters. The first-order chi connectivity index (χ1) is 57.6. The number of amides is 6. The number of rotatable bonds is 31. The van der Waals surface area contributed by atoms with Gasteiger partial charge in [0.1, 0.15) is 125 Å². The Morgan fingerprint density at radius 3 is 0.975 bits per heavy atom. The number of carbonyl (C=O) groups is 6. The standard InChI is InChI=1S/C87H100N6O25Si/c1-87(2,3)119(60-40-24-10-25-41-60,61-42-26-11-27-43-61)112-53-66-76(117-79-68(93-86(105)111-52-59-38-22-9-23-39-59)73(98)71(96)65(114-79)46-89-82(101)107-48-55-30-14-5-15-31-55)74(99)80(115-66)118-77-69(94)62(90-83(102)108-49-56-32-16-6-17-33-56)44-63(91-84(103)109-50-57-34-18-7-19-35-57)75(77)116-78-67(92-85(104)110-51-58-36-20-8-21-37-58)72(97)70(95)64(113-78)45-88-81(100)106-47-54-28-12-4-13-29-54/h4-43,62-80,94-99H,44-53H2,1-3H3,(H,88,100)(H,89,101)(H,90,102)(H,91,103)(H,92,104)(H,93,105)/t62-,63+,64-,65-,66-,67-,68-,69+,70-,71-,72-,73-,74-,75-,76-,77-,78-,79-,80+/m1/s1. The van der Waals surface area contributed by atoms with Crippen LogP contribution >= 0.6 is 0 Å². The average molecular weight is 1660 g/mol. The molecule has 8 aromatic carbocycles. The third-order valence-corrected chi connectivity index (χ3v) is 25.8. The van der Waals surface area contributed by atoms with Gasteiger partial charge >= 0.3 is 36.6 Å². The molecule has 32 heteroatoms. The van der Waals surface area contributed by atoms with Gasteiger partial charge < -0.3 is 124 Å². The highest BCUT2D eigenvalue weighted by molar-refractivity contribution is 6.99. The highest BCUT2D eigenvalue weighted by Gasteiger charge is 2.59. The monoisotopic (exact) mass is 1660 g/mol. The maximum atomic E-state index is 14.6. The molecule has 632 valence electrons. The van der Waals surface area contributed by atoms with Gasteiger partial charge in [-0.05, 0) is 55.2 Å². The fourth-order valence-corrected chi connectivity index (χ4v) is 19.2. The molecule has 1 aliphatic carbocycles. The molecular formula is C87H100N6O25Si. The summed E-state index contributed by atoms with van der Waals surface area (Å²) in [5, 5.41) is 92.1. The predicted molar refractivity (Wildman–Crippen MR) is 428 cm³/mol. The average Bonchev–Trinajstić information content (AvgIpc) is 1.48. The Bertz CT molecular complexity index is 4450. The van der Waals surface area contributed by atoms with E-state index in [9.17, 15) is 59.4 Å². The number of aliphatic hydroxyl groups excluding tert-OH is 6. The summed E-state index contributed by atoms with van der Waals surface area (Å²) < 4.78 is 82.1. The van der Waals surface area contributed by atoms with Crippen LogP contribution in [0.3, 0.4) is 0 Å². The van der Waals surface area contributed by atoms with Crippen molar-refractivity contribution in [1.82, 2.24) is 31.9 Å². The molecule has 8 aromatic rings. The van der Waals surface area contributed by atoms with Crippen molar-refractivity contribution in [2.75, 3.05) is 19.7 Å². The van der Waals surface area contributed by atoms with Crippen LogP contribution in [0.15, 0.2) is 243 Å². The van der Waals surface area contributed by atoms with E-state index in [1.165, 1.54) is 0 Å². The van der Waals surface area contributed by atoms with Crippen LogP contribution in [-0.4, -0.2) is 211 Å². The van der Waals surface area contributed by atoms with E-state index < -0.39 is 192 Å². The van der Waals surface area contributed by atoms with E-state index in [0.29, 0.717) is 33.4 Å². The van der Waals surface area contributed by atoms with Gasteiger partial charge in [-0.3, -0.25) is 0 Å². The van der Waals surface area contributed by atoms with Crippen molar-refractivity contribution < 1.29 is 121 Å². The first kappa shape index (κ1) is 87.4. The molecule has 0 radical (unpaired) electrons. The summed E-state index contributed by atoms with van der Waals surface area (Å²) >= 11 is 0. The second-order valence-electron chi connectivity index (χ2n) is 30.1. The number of aliphatic hydroxyl groups is 6. The Hall–Kier alpha value is -10.9. The number of hydrogen-bond donors (Lipinski definition) is 12. The van der Waals surface area contributed by atoms with E-state index in [0.717, 1.165) is 10.4 Å². The first-order valence-electron chi connectivity index (χ1n) is 39.1. The van der Waals surface area contributed by atoms with Gasteiger partial charge in [0.05, 0.1) is 18.7 Å². The van der Waals surface area contributed by atoms with Crippen molar-refractivity contribution in [3.8, 4) is 0 Å². The summed E-state index contributed by atoms with van der Waals surface area (Å²) in [6, 6.07) is 64.3. The van der Waals surface area contributed by atoms with Gasteiger partial charge in [0.2, 0.25) is 0 Å². The van der Waals surface area contributed by atoms with Crippen LogP contribution in [0, 0.1) is 0 Å². The van der Waals surface area contributed by atoms with Crippen molar-refractivity contribution in [3.63, 3.8) is 0 Å². The van der Waals surface area contributed by atoms with Gasteiger partial charge in [-0.25, -0.2) is 28.8 Å². The molecule has 6 amide bonds. The van der Waals surface area contributed by atoms with Crippen LogP contribution in [0.5, 0.6) is 0 Å². The molecule has 3 heterocycles. The smallest absolute Gasteiger partial charge is 0.407 e. The van der Waals surface area contributed by atoms with Crippen LogP contribution in [0.25, 0.3) is 0 Å². The summed E-state index contributed by atoms with van der Waals surface area (Å²) in [5.41, 5.74) is 3.60. The second-order valence-corrected chi connectivity index (χ2v) is 34.4. The lowest BCUT2D eigenvalue weighted by Crippen LogP contribution is -2.70. The van der Waals surface area contributed by atoms with Crippen molar-refractivity contribution in [2.45, 2.75) is 188 Å². The number of hydrogen-bond acceptors (Lipinski definition) is 25. The van der Waals surface area contributed by atoms with Crippen LogP contribution < -0.4 is 42.3 Å². The zero-order valence-corrected chi connectivity index (χ0v) is 66.6. The van der Waals surface area contributed by atoms with Gasteiger partial charge in [-0.2, -0.15) is 0 Å². The fourth-order valence-electron chi connectivity index (χ4n) is 14.7. The molecule has 3 saturated heterocycles. The van der Waals surface area contributed by atoms with E-state index in [2.05, 4.69) is 31.9 Å². The zero-order chi connectivity index (χ0) is 83.8. The Balaban J connectivity index is 0.936. The Morgan fingerprint density at radius 1 is 0.336 bits per heavy atom. The Morgan fingerprint density at radius 2 is 0.630 bits per heavy atom. The summed E-state index contributed by atoms with van der Waals surface area (Å²) in [5.74, 6) is 0. The van der Waals surface area contributed by atoms with Crippen LogP contribution in [0.2, 0.25) is 5.04 Å². The van der Waals surface area contributed by atoms with Gasteiger partial charge in [0, 0.05) is 13.1 Å². The van der Waals surface area contributed by atoms with E-state index in [1.54, 1.807) is 182 Å². The third-order valence-electron chi connectivity index (χ3n) is 20.8. The normalized spacial score (nSPS) is 26.1. The van der Waals surface area contributed by atoms with Crippen molar-refractivity contribution in [2.24, 2.45) is 0 Å². The van der Waals surface area contributed by atoms with Gasteiger partial charge in [-0.1, -0.05) is 263 Å². The molecule has 0 bridgehead atoms. The van der Waals surface area contributed by atoms with Crippen molar-refractivity contribution in [3.05, 3.63) is 276 Å². The van der Waals surface area contributed by atoms with Gasteiger partial charge in [0.25, 0.3) is 8.32 Å². The highest BCUT2D eigenvalue weighted by Crippen LogP contribution is 2.41. The fraction of sp³-hybridized carbons (Fsp3) is 0.379. The Kier molecular flexibility index (Phi) is 31.0. The predicted octanol–water partition coefficient (Wildman–Crippen LogP) is 6.50. The largest absolute Gasteiger partial charge is 0.445 e. The van der Waals surface area contributed by atoms with E-state index in [1.807, 2.05) is 81.4 Å². The summed E-state index contributed by atoms with van der Waals surface area (Å²) in [6.45, 7) is 3.04. The number of carbonyl (C=O) groups excluding carboxylic acids is 6. The van der Waals surface area contributed by atoms with E-state index in [4.69, 9.17) is 61.3 Å². The lowest BCUT2D eigenvalue weighted by Gasteiger charge is -2.49. The topological polar surface area (TPSA) is 416 Å². The van der Waals surface area contributed by atoms with Crippen LogP contribution in [0.4, 0.5) is 28.8 Å². The molecule has 12 N–H and O–H groups in total. The Labute approximate surface area is 688 Å². The van der Waals surface area contributed by atoms with Crippen molar-refractivity contribution in [1.29, 1.82) is 0 Å². The van der Waals surface area contributed by atoms with E-state index in [-0.39, 0.29) is 39.6 Å². The molecule has 19 atom stereocenters. The zero-order valence-electron chi connectivity index (χ0n) is 65.6. The SMILES string of the molecule is CC(C)(C)[Si](OC[C@H]1O[C@@H](O[C@@H]2[C@@H](O)[C@H](NC(=O)OCc3ccccc3)C[C@H](NC(=O)OCc3ccccc3)[C@H]2O[C@H]2O[C@H](CNC(=O)OCc3ccccc3)[C@@H](O)[C@H](O)[C@H]2NC(=O)OCc2ccccc2)[C@H](O)[C@@H]1O[C@H]1O[C@H](CNC(=O)OCc2ccccc2)[C@@H](O)[C@H](O)[C@H]1NC(=O)OCc1ccccc1)(c1ccccc1)c1ccccc1. The quantitative estimate of drug-likeness (QED) is 0.0163. The molecule has 0 aromatic heterocycles. The maximum absolute atomic E-state index is 14.6. The molecule has 31 nitrogen and oxygen atoms in total. The summed E-state index contributed by atoms with van der Waals surface area (Å²) in [4.78, 5) is 84.0. The molecule has 1 saturated carbocycles. The van der Waals surface area contributed by atoms with Gasteiger partial charge in [-0.15, -0.1) is 0 Å². The van der Waals surface area contributed by atoms with Crippen molar-refractivity contribution >= 4 is 55.3 Å².